The van der Waals surface area contributed by atoms with E-state index in [1.165, 1.54) is 28.6 Å². The van der Waals surface area contributed by atoms with E-state index in [9.17, 15) is 0 Å². The Morgan fingerprint density at radius 2 is 2.47 bits per heavy atom. The highest BCUT2D eigenvalue weighted by molar-refractivity contribution is 9.10. The van der Waals surface area contributed by atoms with E-state index in [1.54, 1.807) is 11.3 Å². The van der Waals surface area contributed by atoms with Gasteiger partial charge >= 0.3 is 0 Å². The summed E-state index contributed by atoms with van der Waals surface area (Å²) in [5, 5.41) is 5.63. The van der Waals surface area contributed by atoms with Crippen LogP contribution in [0.5, 0.6) is 0 Å². The van der Waals surface area contributed by atoms with E-state index in [1.807, 2.05) is 0 Å². The molecule has 0 saturated heterocycles. The third-order valence-electron chi connectivity index (χ3n) is 3.52. The van der Waals surface area contributed by atoms with Crippen molar-refractivity contribution in [2.45, 2.75) is 44.7 Å². The zero-order valence-corrected chi connectivity index (χ0v) is 12.7. The number of hydrogen-bond acceptors (Lipinski definition) is 3. The summed E-state index contributed by atoms with van der Waals surface area (Å²) >= 11 is 5.26. The van der Waals surface area contributed by atoms with Gasteiger partial charge < -0.3 is 11.1 Å². The Bertz CT molecular complexity index is 366. The molecule has 0 aliphatic heterocycles. The highest BCUT2D eigenvalue weighted by Crippen LogP contribution is 2.30. The Morgan fingerprint density at radius 1 is 1.65 bits per heavy atom. The van der Waals surface area contributed by atoms with Crippen molar-refractivity contribution in [3.8, 4) is 0 Å². The van der Waals surface area contributed by atoms with Gasteiger partial charge in [-0.2, -0.15) is 0 Å². The van der Waals surface area contributed by atoms with Crippen LogP contribution in [-0.2, 0) is 6.54 Å². The predicted molar refractivity (Wildman–Crippen MR) is 78.3 cm³/mol. The fraction of sp³-hybridized carbons (Fsp3) is 0.692. The molecule has 0 bridgehead atoms. The third-order valence-corrected chi connectivity index (χ3v) is 5.22. The molecule has 1 aromatic heterocycles. The number of thiophene rings is 1. The van der Waals surface area contributed by atoms with E-state index < -0.39 is 0 Å². The SMILES string of the molecule is CC1CCCC(N)(CNCc2cc(Br)cs2)C1. The van der Waals surface area contributed by atoms with Crippen LogP contribution >= 0.6 is 27.3 Å². The fourth-order valence-electron chi connectivity index (χ4n) is 2.74. The molecule has 0 spiro atoms. The molecule has 2 nitrogen and oxygen atoms in total. The second kappa shape index (κ2) is 5.83. The maximum absolute atomic E-state index is 6.45. The van der Waals surface area contributed by atoms with E-state index in [2.05, 4.69) is 39.6 Å². The molecule has 0 aromatic carbocycles. The summed E-state index contributed by atoms with van der Waals surface area (Å²) in [5.41, 5.74) is 6.47. The second-order valence-electron chi connectivity index (χ2n) is 5.40. The normalized spacial score (nSPS) is 29.5. The molecule has 4 heteroatoms. The Morgan fingerprint density at radius 3 is 3.12 bits per heavy atom. The smallest absolute Gasteiger partial charge is 0.0300 e. The molecule has 1 saturated carbocycles. The van der Waals surface area contributed by atoms with Crippen LogP contribution in [0.3, 0.4) is 0 Å². The van der Waals surface area contributed by atoms with Crippen molar-refractivity contribution in [1.29, 1.82) is 0 Å². The minimum atomic E-state index is 0.0200. The lowest BCUT2D eigenvalue weighted by atomic mass is 9.77. The van der Waals surface area contributed by atoms with E-state index in [0.717, 1.165) is 25.4 Å². The van der Waals surface area contributed by atoms with Crippen LogP contribution in [0.15, 0.2) is 15.9 Å². The molecule has 2 unspecified atom stereocenters. The maximum Gasteiger partial charge on any atom is 0.0300 e. The summed E-state index contributed by atoms with van der Waals surface area (Å²) in [5.74, 6) is 0.784. The van der Waals surface area contributed by atoms with E-state index >= 15 is 0 Å². The molecule has 96 valence electrons. The molecule has 17 heavy (non-hydrogen) atoms. The van der Waals surface area contributed by atoms with Crippen LogP contribution in [0, 0.1) is 5.92 Å². The fourth-order valence-corrected chi connectivity index (χ4v) is 4.16. The Hall–Kier alpha value is 0.1000. The first kappa shape index (κ1) is 13.5. The molecule has 1 fully saturated rings. The van der Waals surface area contributed by atoms with Crippen molar-refractivity contribution in [2.75, 3.05) is 6.54 Å². The zero-order valence-electron chi connectivity index (χ0n) is 10.3. The van der Waals surface area contributed by atoms with E-state index in [4.69, 9.17) is 5.73 Å². The van der Waals surface area contributed by atoms with Gasteiger partial charge in [-0.25, -0.2) is 0 Å². The van der Waals surface area contributed by atoms with Gasteiger partial charge in [-0.15, -0.1) is 11.3 Å². The number of rotatable bonds is 4. The molecule has 3 N–H and O–H groups in total. The summed E-state index contributed by atoms with van der Waals surface area (Å²) in [6.07, 6.45) is 4.95. The summed E-state index contributed by atoms with van der Waals surface area (Å²) in [6.45, 7) is 4.19. The summed E-state index contributed by atoms with van der Waals surface area (Å²) in [7, 11) is 0. The van der Waals surface area contributed by atoms with Gasteiger partial charge in [0.05, 0.1) is 0 Å². The first-order valence-electron chi connectivity index (χ1n) is 6.30. The van der Waals surface area contributed by atoms with Crippen molar-refractivity contribution in [1.82, 2.24) is 5.32 Å². The molecule has 0 amide bonds. The minimum Gasteiger partial charge on any atom is -0.324 e. The lowest BCUT2D eigenvalue weighted by molar-refractivity contribution is 0.229. The predicted octanol–water partition coefficient (Wildman–Crippen LogP) is 3.51. The van der Waals surface area contributed by atoms with Gasteiger partial charge in [0.25, 0.3) is 0 Å². The van der Waals surface area contributed by atoms with Crippen LogP contribution in [0.4, 0.5) is 0 Å². The highest BCUT2D eigenvalue weighted by atomic mass is 79.9. The van der Waals surface area contributed by atoms with E-state index in [0.29, 0.717) is 0 Å². The van der Waals surface area contributed by atoms with Crippen molar-refractivity contribution in [3.63, 3.8) is 0 Å². The molecule has 0 radical (unpaired) electrons. The number of halogens is 1. The first-order chi connectivity index (χ1) is 8.07. The zero-order chi connectivity index (χ0) is 12.3. The van der Waals surface area contributed by atoms with Crippen LogP contribution in [0.2, 0.25) is 0 Å². The first-order valence-corrected chi connectivity index (χ1v) is 7.97. The molecular weight excluding hydrogens is 296 g/mol. The molecular formula is C13H21BrN2S. The molecule has 1 heterocycles. The van der Waals surface area contributed by atoms with Gasteiger partial charge in [0.1, 0.15) is 0 Å². The van der Waals surface area contributed by atoms with Gasteiger partial charge in [-0.1, -0.05) is 19.8 Å². The Labute approximate surface area is 116 Å². The van der Waals surface area contributed by atoms with Crippen LogP contribution in [-0.4, -0.2) is 12.1 Å². The van der Waals surface area contributed by atoms with Gasteiger partial charge in [-0.05, 0) is 40.8 Å². The molecule has 2 rings (SSSR count). The number of hydrogen-bond donors (Lipinski definition) is 2. The summed E-state index contributed by atoms with van der Waals surface area (Å²) in [6, 6.07) is 2.17. The molecule has 2 atom stereocenters. The number of nitrogens with one attached hydrogen (secondary N) is 1. The van der Waals surface area contributed by atoms with Crippen molar-refractivity contribution < 1.29 is 0 Å². The van der Waals surface area contributed by atoms with Crippen LogP contribution < -0.4 is 11.1 Å². The standard InChI is InChI=1S/C13H21BrN2S/c1-10-3-2-4-13(15,6-10)9-16-7-12-5-11(14)8-17-12/h5,8,10,16H,2-4,6-7,9,15H2,1H3. The van der Waals surface area contributed by atoms with Crippen LogP contribution in [0.25, 0.3) is 0 Å². The van der Waals surface area contributed by atoms with Gasteiger partial charge in [0.2, 0.25) is 0 Å². The largest absolute Gasteiger partial charge is 0.324 e. The second-order valence-corrected chi connectivity index (χ2v) is 7.31. The van der Waals surface area contributed by atoms with Crippen molar-refractivity contribution in [2.24, 2.45) is 11.7 Å². The maximum atomic E-state index is 6.45. The lowest BCUT2D eigenvalue weighted by Gasteiger charge is -2.37. The van der Waals surface area contributed by atoms with Crippen LogP contribution in [0.1, 0.15) is 37.5 Å². The third kappa shape index (κ3) is 4.05. The molecule has 1 aliphatic carbocycles. The Kier molecular flexibility index (Phi) is 4.64. The summed E-state index contributed by atoms with van der Waals surface area (Å²) in [4.78, 5) is 1.37. The molecule has 1 aromatic rings. The highest BCUT2D eigenvalue weighted by Gasteiger charge is 2.30. The topological polar surface area (TPSA) is 38.0 Å². The van der Waals surface area contributed by atoms with E-state index in [-0.39, 0.29) is 5.54 Å². The van der Waals surface area contributed by atoms with Gasteiger partial charge in [0, 0.05) is 33.4 Å². The van der Waals surface area contributed by atoms with Gasteiger partial charge in [-0.3, -0.25) is 0 Å². The monoisotopic (exact) mass is 316 g/mol. The van der Waals surface area contributed by atoms with Crippen molar-refractivity contribution >= 4 is 27.3 Å². The Balaban J connectivity index is 1.77. The van der Waals surface area contributed by atoms with Crippen molar-refractivity contribution in [3.05, 3.63) is 20.8 Å². The molecule has 1 aliphatic rings. The minimum absolute atomic E-state index is 0.0200. The summed E-state index contributed by atoms with van der Waals surface area (Å²) < 4.78 is 1.17. The van der Waals surface area contributed by atoms with Gasteiger partial charge in [0.15, 0.2) is 0 Å². The lowest BCUT2D eigenvalue weighted by Crippen LogP contribution is -2.51. The average Bonchev–Trinajstić information content (AvgIpc) is 2.63. The number of nitrogens with two attached hydrogens (primary N) is 1. The quantitative estimate of drug-likeness (QED) is 0.892. The average molecular weight is 317 g/mol.